The standard InChI is InChI=1S/C63H47N/c1-62(2)55-33-13-10-30-53(55)61-52(32-19-35-58(61)62)51-29-12-16-37-60(51)64(46-25-17-22-43(40-46)48-31-18-21-42-20-7-8-26-47(42)48)59-36-15-11-27-49(59)44-38-39-57-54(41-44)50-28-9-14-34-56(50)63(57,3)45-23-5-4-6-24-45/h4-41H,1-3H3. The van der Waals surface area contributed by atoms with Gasteiger partial charge in [-0.3, -0.25) is 0 Å². The number of benzene rings is 10. The second kappa shape index (κ2) is 14.7. The van der Waals surface area contributed by atoms with Crippen molar-refractivity contribution in [3.8, 4) is 55.6 Å². The maximum atomic E-state index is 2.51. The molecule has 2 aliphatic rings. The van der Waals surface area contributed by atoms with Crippen molar-refractivity contribution in [2.75, 3.05) is 4.90 Å². The van der Waals surface area contributed by atoms with Crippen LogP contribution >= 0.6 is 0 Å². The van der Waals surface area contributed by atoms with E-state index in [2.05, 4.69) is 256 Å². The van der Waals surface area contributed by atoms with Gasteiger partial charge in [0, 0.05) is 27.6 Å². The highest BCUT2D eigenvalue weighted by Crippen LogP contribution is 2.56. The number of hydrogen-bond acceptors (Lipinski definition) is 1. The summed E-state index contributed by atoms with van der Waals surface area (Å²) in [5.74, 6) is 0. The summed E-state index contributed by atoms with van der Waals surface area (Å²) in [5.41, 5.74) is 22.1. The van der Waals surface area contributed by atoms with Crippen LogP contribution in [0.15, 0.2) is 231 Å². The number of para-hydroxylation sites is 2. The predicted octanol–water partition coefficient (Wildman–Crippen LogP) is 17.0. The zero-order valence-corrected chi connectivity index (χ0v) is 36.4. The highest BCUT2D eigenvalue weighted by atomic mass is 15.1. The van der Waals surface area contributed by atoms with Crippen molar-refractivity contribution < 1.29 is 0 Å². The molecule has 0 N–H and O–H groups in total. The van der Waals surface area contributed by atoms with Gasteiger partial charge in [0.25, 0.3) is 0 Å². The molecule has 0 amide bonds. The molecule has 1 unspecified atom stereocenters. The molecule has 1 nitrogen and oxygen atoms in total. The summed E-state index contributed by atoms with van der Waals surface area (Å²) in [6.07, 6.45) is 0. The van der Waals surface area contributed by atoms with Gasteiger partial charge in [-0.15, -0.1) is 0 Å². The molecule has 10 aromatic rings. The molecule has 0 radical (unpaired) electrons. The first-order valence-corrected chi connectivity index (χ1v) is 22.5. The first-order chi connectivity index (χ1) is 31.4. The van der Waals surface area contributed by atoms with Crippen molar-refractivity contribution in [1.82, 2.24) is 0 Å². The van der Waals surface area contributed by atoms with Gasteiger partial charge < -0.3 is 4.90 Å². The molecule has 0 fully saturated rings. The minimum absolute atomic E-state index is 0.112. The average Bonchev–Trinajstić information content (AvgIpc) is 3.76. The van der Waals surface area contributed by atoms with Gasteiger partial charge in [0.05, 0.1) is 11.4 Å². The molecule has 0 saturated heterocycles. The predicted molar refractivity (Wildman–Crippen MR) is 270 cm³/mol. The maximum absolute atomic E-state index is 2.51. The Morgan fingerprint density at radius 3 is 1.70 bits per heavy atom. The van der Waals surface area contributed by atoms with E-state index in [1.54, 1.807) is 0 Å². The van der Waals surface area contributed by atoms with E-state index in [4.69, 9.17) is 0 Å². The summed E-state index contributed by atoms with van der Waals surface area (Å²) in [5, 5.41) is 2.48. The van der Waals surface area contributed by atoms with Gasteiger partial charge in [0.15, 0.2) is 0 Å². The van der Waals surface area contributed by atoms with Crippen molar-refractivity contribution in [2.24, 2.45) is 0 Å². The van der Waals surface area contributed by atoms with Gasteiger partial charge in [-0.05, 0) is 120 Å². The minimum Gasteiger partial charge on any atom is -0.309 e. The number of fused-ring (bicyclic) bond motifs is 7. The minimum atomic E-state index is -0.263. The SMILES string of the molecule is CC1(C)c2ccccc2-c2c(-c3ccccc3N(c3cccc(-c4cccc5ccccc45)c3)c3ccccc3-c3ccc4c(c3)-c3ccccc3C4(C)c3ccccc3)cccc21. The van der Waals surface area contributed by atoms with Crippen molar-refractivity contribution in [2.45, 2.75) is 31.6 Å². The average molecular weight is 818 g/mol. The van der Waals surface area contributed by atoms with Gasteiger partial charge in [0.1, 0.15) is 0 Å². The van der Waals surface area contributed by atoms with Crippen molar-refractivity contribution in [1.29, 1.82) is 0 Å². The van der Waals surface area contributed by atoms with E-state index in [0.717, 1.165) is 17.1 Å². The van der Waals surface area contributed by atoms with E-state index in [-0.39, 0.29) is 10.8 Å². The van der Waals surface area contributed by atoms with Crippen molar-refractivity contribution >= 4 is 27.8 Å². The van der Waals surface area contributed by atoms with Gasteiger partial charge >= 0.3 is 0 Å². The Morgan fingerprint density at radius 2 is 0.875 bits per heavy atom. The Labute approximate surface area is 376 Å². The number of anilines is 3. The number of rotatable bonds is 7. The molecule has 12 rings (SSSR count). The van der Waals surface area contributed by atoms with E-state index < -0.39 is 0 Å². The third-order valence-electron chi connectivity index (χ3n) is 14.4. The van der Waals surface area contributed by atoms with Crippen LogP contribution in [0.3, 0.4) is 0 Å². The lowest BCUT2D eigenvalue weighted by Crippen LogP contribution is -2.22. The van der Waals surface area contributed by atoms with Gasteiger partial charge in [0.2, 0.25) is 0 Å². The first-order valence-electron chi connectivity index (χ1n) is 22.5. The van der Waals surface area contributed by atoms with Crippen LogP contribution < -0.4 is 4.90 Å². The first kappa shape index (κ1) is 38.0. The second-order valence-electron chi connectivity index (χ2n) is 18.1. The Bertz CT molecular complexity index is 3440. The summed E-state index contributed by atoms with van der Waals surface area (Å²) >= 11 is 0. The lowest BCUT2D eigenvalue weighted by Gasteiger charge is -2.31. The Hall–Kier alpha value is -7.74. The maximum Gasteiger partial charge on any atom is 0.0540 e. The molecule has 0 bridgehead atoms. The number of hydrogen-bond donors (Lipinski definition) is 0. The van der Waals surface area contributed by atoms with Crippen LogP contribution in [0.1, 0.15) is 48.6 Å². The van der Waals surface area contributed by atoms with Crippen LogP contribution in [0.5, 0.6) is 0 Å². The van der Waals surface area contributed by atoms with Crippen molar-refractivity contribution in [3.63, 3.8) is 0 Å². The quantitative estimate of drug-likeness (QED) is 0.155. The van der Waals surface area contributed by atoms with Crippen LogP contribution in [0.4, 0.5) is 17.1 Å². The van der Waals surface area contributed by atoms with E-state index in [9.17, 15) is 0 Å². The highest BCUT2D eigenvalue weighted by molar-refractivity contribution is 6.02. The van der Waals surface area contributed by atoms with Crippen LogP contribution in [-0.2, 0) is 10.8 Å². The molecular weight excluding hydrogens is 771 g/mol. The van der Waals surface area contributed by atoms with E-state index >= 15 is 0 Å². The normalized spacial score (nSPS) is 15.3. The van der Waals surface area contributed by atoms with Crippen LogP contribution in [0.25, 0.3) is 66.4 Å². The fourth-order valence-electron chi connectivity index (χ4n) is 11.2. The van der Waals surface area contributed by atoms with Crippen LogP contribution in [-0.4, -0.2) is 0 Å². The zero-order chi connectivity index (χ0) is 43.0. The molecule has 1 heteroatoms. The summed E-state index contributed by atoms with van der Waals surface area (Å²) in [6.45, 7) is 7.13. The van der Waals surface area contributed by atoms with E-state index in [1.807, 2.05) is 0 Å². The molecule has 304 valence electrons. The molecule has 1 atom stereocenters. The molecule has 0 aromatic heterocycles. The zero-order valence-electron chi connectivity index (χ0n) is 36.4. The molecule has 0 heterocycles. The van der Waals surface area contributed by atoms with E-state index in [0.29, 0.717) is 0 Å². The fraction of sp³-hybridized carbons (Fsp3) is 0.0794. The summed E-state index contributed by atoms with van der Waals surface area (Å²) < 4.78 is 0. The third-order valence-corrected chi connectivity index (χ3v) is 14.4. The van der Waals surface area contributed by atoms with Gasteiger partial charge in [-0.1, -0.05) is 214 Å². The molecule has 0 saturated carbocycles. The summed E-state index contributed by atoms with van der Waals surface area (Å²) in [4.78, 5) is 2.51. The second-order valence-corrected chi connectivity index (χ2v) is 18.1. The largest absolute Gasteiger partial charge is 0.309 e. The lowest BCUT2D eigenvalue weighted by molar-refractivity contribution is 0.660. The molecule has 64 heavy (non-hydrogen) atoms. The Balaban J connectivity index is 1.09. The van der Waals surface area contributed by atoms with Crippen molar-refractivity contribution in [3.05, 3.63) is 258 Å². The number of nitrogens with zero attached hydrogens (tertiary/aromatic N) is 1. The fourth-order valence-corrected chi connectivity index (χ4v) is 11.2. The monoisotopic (exact) mass is 817 g/mol. The molecule has 0 spiro atoms. The van der Waals surface area contributed by atoms with Gasteiger partial charge in [-0.25, -0.2) is 0 Å². The van der Waals surface area contributed by atoms with Crippen LogP contribution in [0, 0.1) is 0 Å². The molecule has 0 aliphatic heterocycles. The summed E-state index contributed by atoms with van der Waals surface area (Å²) in [6, 6.07) is 85.6. The molecular formula is C63H47N. The molecule has 10 aromatic carbocycles. The highest BCUT2D eigenvalue weighted by Gasteiger charge is 2.41. The molecule has 2 aliphatic carbocycles. The smallest absolute Gasteiger partial charge is 0.0540 e. The van der Waals surface area contributed by atoms with Gasteiger partial charge in [-0.2, -0.15) is 0 Å². The third kappa shape index (κ3) is 5.70. The lowest BCUT2D eigenvalue weighted by atomic mass is 9.74. The Morgan fingerprint density at radius 1 is 0.328 bits per heavy atom. The topological polar surface area (TPSA) is 3.24 Å². The Kier molecular flexibility index (Phi) is 8.71. The summed E-state index contributed by atoms with van der Waals surface area (Å²) in [7, 11) is 0. The van der Waals surface area contributed by atoms with Crippen LogP contribution in [0.2, 0.25) is 0 Å². The van der Waals surface area contributed by atoms with E-state index in [1.165, 1.54) is 94.2 Å².